The van der Waals surface area contributed by atoms with Crippen molar-refractivity contribution in [1.82, 2.24) is 20.2 Å². The Morgan fingerprint density at radius 2 is 2.17 bits per heavy atom. The van der Waals surface area contributed by atoms with Gasteiger partial charge in [0.15, 0.2) is 0 Å². The van der Waals surface area contributed by atoms with Crippen molar-refractivity contribution >= 4 is 35.0 Å². The van der Waals surface area contributed by atoms with Gasteiger partial charge in [0.1, 0.15) is 17.6 Å². The van der Waals surface area contributed by atoms with Crippen molar-refractivity contribution in [3.8, 4) is 0 Å². The number of amides is 1. The number of aryl methyl sites for hydroxylation is 1. The minimum atomic E-state index is -0.402. The standard InChI is InChI=1S/C20H20ClN5O2S/c1-3-18-22-20(24-23-18)29-12(2)19(27)26-16(17-5-4-10-28-17)11-15(25-26)13-6-8-14(21)9-7-13/h4-10,12,16H,3,11H2,1-2H3,(H,22,23,24). The van der Waals surface area contributed by atoms with E-state index < -0.39 is 5.25 Å². The Hall–Kier alpha value is -2.58. The molecule has 7 nitrogen and oxygen atoms in total. The second-order valence-corrected chi connectivity index (χ2v) is 8.39. The molecule has 9 heteroatoms. The lowest BCUT2D eigenvalue weighted by Gasteiger charge is -2.22. The van der Waals surface area contributed by atoms with Gasteiger partial charge in [0, 0.05) is 17.9 Å². The van der Waals surface area contributed by atoms with E-state index in [2.05, 4.69) is 20.3 Å². The number of nitrogens with one attached hydrogen (secondary N) is 1. The van der Waals surface area contributed by atoms with Gasteiger partial charge in [0.25, 0.3) is 5.91 Å². The number of aromatic amines is 1. The first-order valence-electron chi connectivity index (χ1n) is 9.33. The van der Waals surface area contributed by atoms with E-state index in [-0.39, 0.29) is 11.9 Å². The number of carbonyl (C=O) groups is 1. The predicted octanol–water partition coefficient (Wildman–Crippen LogP) is 4.47. The van der Waals surface area contributed by atoms with Crippen LogP contribution >= 0.6 is 23.4 Å². The van der Waals surface area contributed by atoms with Crippen LogP contribution in [-0.2, 0) is 11.2 Å². The number of hydrogen-bond donors (Lipinski definition) is 1. The van der Waals surface area contributed by atoms with Gasteiger partial charge in [-0.3, -0.25) is 9.89 Å². The normalized spacial score (nSPS) is 17.4. The van der Waals surface area contributed by atoms with Gasteiger partial charge in [-0.05, 0) is 36.8 Å². The molecule has 2 atom stereocenters. The molecule has 0 saturated carbocycles. The van der Waals surface area contributed by atoms with Crippen LogP contribution in [0.1, 0.15) is 43.5 Å². The summed E-state index contributed by atoms with van der Waals surface area (Å²) in [6.07, 6.45) is 2.94. The van der Waals surface area contributed by atoms with Crippen molar-refractivity contribution < 1.29 is 9.21 Å². The van der Waals surface area contributed by atoms with Gasteiger partial charge in [-0.2, -0.15) is 5.10 Å². The molecule has 1 amide bonds. The predicted molar refractivity (Wildman–Crippen MR) is 112 cm³/mol. The number of carbonyl (C=O) groups excluding carboxylic acids is 1. The molecule has 29 heavy (non-hydrogen) atoms. The Balaban J connectivity index is 1.58. The molecular weight excluding hydrogens is 410 g/mol. The number of benzene rings is 1. The molecule has 2 aromatic heterocycles. The maximum Gasteiger partial charge on any atom is 0.256 e. The Bertz CT molecular complexity index is 1020. The fraction of sp³-hybridized carbons (Fsp3) is 0.300. The molecule has 1 aliphatic heterocycles. The average Bonchev–Trinajstić information content (AvgIpc) is 3.47. The number of rotatable bonds is 6. The van der Waals surface area contributed by atoms with E-state index in [9.17, 15) is 4.79 Å². The molecule has 3 heterocycles. The lowest BCUT2D eigenvalue weighted by Crippen LogP contribution is -2.33. The molecule has 0 spiro atoms. The third-order valence-electron chi connectivity index (χ3n) is 4.66. The minimum absolute atomic E-state index is 0.122. The minimum Gasteiger partial charge on any atom is -0.467 e. The van der Waals surface area contributed by atoms with Crippen LogP contribution in [0.3, 0.4) is 0 Å². The van der Waals surface area contributed by atoms with E-state index in [0.29, 0.717) is 22.4 Å². The number of furan rings is 1. The quantitative estimate of drug-likeness (QED) is 0.584. The summed E-state index contributed by atoms with van der Waals surface area (Å²) in [5.41, 5.74) is 1.75. The smallest absolute Gasteiger partial charge is 0.256 e. The Morgan fingerprint density at radius 1 is 1.38 bits per heavy atom. The zero-order valence-electron chi connectivity index (χ0n) is 16.0. The maximum absolute atomic E-state index is 13.2. The molecule has 1 N–H and O–H groups in total. The summed E-state index contributed by atoms with van der Waals surface area (Å²) in [6.45, 7) is 3.83. The van der Waals surface area contributed by atoms with Crippen molar-refractivity contribution in [2.24, 2.45) is 5.10 Å². The molecule has 1 aliphatic rings. The summed E-state index contributed by atoms with van der Waals surface area (Å²) in [5, 5.41) is 14.0. The van der Waals surface area contributed by atoms with Crippen LogP contribution in [0.25, 0.3) is 0 Å². The molecule has 1 aromatic carbocycles. The van der Waals surface area contributed by atoms with Crippen LogP contribution in [0.15, 0.2) is 57.3 Å². The molecular formula is C20H20ClN5O2S. The highest BCUT2D eigenvalue weighted by Crippen LogP contribution is 2.35. The summed E-state index contributed by atoms with van der Waals surface area (Å²) in [7, 11) is 0. The molecule has 4 rings (SSSR count). The first kappa shape index (κ1) is 19.7. The highest BCUT2D eigenvalue weighted by atomic mass is 35.5. The van der Waals surface area contributed by atoms with Gasteiger partial charge >= 0.3 is 0 Å². The second-order valence-electron chi connectivity index (χ2n) is 6.65. The summed E-state index contributed by atoms with van der Waals surface area (Å²) in [4.78, 5) is 17.6. The molecule has 3 aromatic rings. The summed E-state index contributed by atoms with van der Waals surface area (Å²) in [5.74, 6) is 1.38. The number of thioether (sulfide) groups is 1. The summed E-state index contributed by atoms with van der Waals surface area (Å²) >= 11 is 7.31. The van der Waals surface area contributed by atoms with E-state index in [1.165, 1.54) is 16.8 Å². The van der Waals surface area contributed by atoms with Crippen LogP contribution in [0, 0.1) is 0 Å². The van der Waals surface area contributed by atoms with Crippen molar-refractivity contribution in [3.05, 3.63) is 64.8 Å². The number of H-pyrrole nitrogens is 1. The van der Waals surface area contributed by atoms with Crippen LogP contribution in [0.4, 0.5) is 0 Å². The van der Waals surface area contributed by atoms with E-state index in [1.54, 1.807) is 6.26 Å². The van der Waals surface area contributed by atoms with Gasteiger partial charge in [-0.25, -0.2) is 9.99 Å². The number of hydrogen-bond acceptors (Lipinski definition) is 6. The van der Waals surface area contributed by atoms with Crippen molar-refractivity contribution in [2.45, 2.75) is 43.1 Å². The Morgan fingerprint density at radius 3 is 2.83 bits per heavy atom. The van der Waals surface area contributed by atoms with E-state index >= 15 is 0 Å². The molecule has 0 bridgehead atoms. The number of hydrazone groups is 1. The Labute approximate surface area is 177 Å². The number of nitrogens with zero attached hydrogens (tertiary/aromatic N) is 4. The zero-order chi connectivity index (χ0) is 20.4. The third kappa shape index (κ3) is 4.23. The molecule has 150 valence electrons. The molecule has 0 saturated heterocycles. The van der Waals surface area contributed by atoms with Gasteiger partial charge in [-0.15, -0.1) is 5.10 Å². The SMILES string of the molecule is CCc1nc(SC(C)C(=O)N2N=C(c3ccc(Cl)cc3)CC2c2ccco2)n[nH]1. The fourth-order valence-electron chi connectivity index (χ4n) is 3.12. The van der Waals surface area contributed by atoms with Crippen molar-refractivity contribution in [1.29, 1.82) is 0 Å². The lowest BCUT2D eigenvalue weighted by molar-refractivity contribution is -0.132. The fourth-order valence-corrected chi connectivity index (χ4v) is 4.03. The van der Waals surface area contributed by atoms with Gasteiger partial charge in [0.2, 0.25) is 5.16 Å². The molecule has 0 aliphatic carbocycles. The summed E-state index contributed by atoms with van der Waals surface area (Å²) in [6, 6.07) is 10.9. The van der Waals surface area contributed by atoms with E-state index in [0.717, 1.165) is 23.5 Å². The monoisotopic (exact) mass is 429 g/mol. The number of aromatic nitrogens is 3. The summed E-state index contributed by atoms with van der Waals surface area (Å²) < 4.78 is 5.59. The lowest BCUT2D eigenvalue weighted by atomic mass is 10.0. The van der Waals surface area contributed by atoms with Crippen LogP contribution in [-0.4, -0.2) is 37.1 Å². The van der Waals surface area contributed by atoms with Crippen molar-refractivity contribution in [2.75, 3.05) is 0 Å². The first-order chi connectivity index (χ1) is 14.0. The van der Waals surface area contributed by atoms with Crippen LogP contribution in [0.5, 0.6) is 0 Å². The van der Waals surface area contributed by atoms with Crippen LogP contribution < -0.4 is 0 Å². The van der Waals surface area contributed by atoms with Crippen molar-refractivity contribution in [3.63, 3.8) is 0 Å². The zero-order valence-corrected chi connectivity index (χ0v) is 17.6. The van der Waals surface area contributed by atoms with Gasteiger partial charge < -0.3 is 4.42 Å². The van der Waals surface area contributed by atoms with Crippen LogP contribution in [0.2, 0.25) is 5.02 Å². The van der Waals surface area contributed by atoms with E-state index in [1.807, 2.05) is 50.2 Å². The Kier molecular flexibility index (Phi) is 5.73. The van der Waals surface area contributed by atoms with E-state index in [4.69, 9.17) is 16.0 Å². The highest BCUT2D eigenvalue weighted by Gasteiger charge is 2.37. The highest BCUT2D eigenvalue weighted by molar-refractivity contribution is 8.00. The first-order valence-corrected chi connectivity index (χ1v) is 10.6. The van der Waals surface area contributed by atoms with Gasteiger partial charge in [0.05, 0.1) is 17.2 Å². The van der Waals surface area contributed by atoms with Gasteiger partial charge in [-0.1, -0.05) is 42.4 Å². The molecule has 0 radical (unpaired) electrons. The average molecular weight is 430 g/mol. The largest absolute Gasteiger partial charge is 0.467 e. The second kappa shape index (κ2) is 8.42. The molecule has 2 unspecified atom stereocenters. The third-order valence-corrected chi connectivity index (χ3v) is 5.86. The maximum atomic E-state index is 13.2. The molecule has 0 fully saturated rings. The topological polar surface area (TPSA) is 87.4 Å². The number of halogens is 1.